The quantitative estimate of drug-likeness (QED) is 0.679. The summed E-state index contributed by atoms with van der Waals surface area (Å²) in [6, 6.07) is 5.01. The Labute approximate surface area is 118 Å². The Bertz CT molecular complexity index is 467. The Balaban J connectivity index is 2.90. The molecule has 0 radical (unpaired) electrons. The van der Waals surface area contributed by atoms with Crippen molar-refractivity contribution in [1.29, 1.82) is 0 Å². The van der Waals surface area contributed by atoms with Crippen LogP contribution in [0, 0.1) is 0 Å². The lowest BCUT2D eigenvalue weighted by molar-refractivity contribution is -0.137. The predicted octanol–water partition coefficient (Wildman–Crippen LogP) is 2.51. The lowest BCUT2D eigenvalue weighted by Gasteiger charge is -2.13. The molecule has 0 saturated carbocycles. The number of ether oxygens (including phenoxy) is 1. The molecule has 0 aromatic heterocycles. The molecule has 110 valence electrons. The maximum absolute atomic E-state index is 10.9. The van der Waals surface area contributed by atoms with Crippen LogP contribution in [-0.2, 0) is 22.4 Å². The highest BCUT2D eigenvalue weighted by atomic mass is 16.5. The minimum Gasteiger partial charge on any atom is -0.493 e. The van der Waals surface area contributed by atoms with E-state index in [2.05, 4.69) is 6.92 Å². The number of carboxylic acid groups (broad SMARTS) is 2. The number of hydrogen-bond donors (Lipinski definition) is 2. The second-order valence-corrected chi connectivity index (χ2v) is 4.59. The van der Waals surface area contributed by atoms with E-state index in [1.165, 1.54) is 0 Å². The number of carboxylic acids is 2. The van der Waals surface area contributed by atoms with Crippen molar-refractivity contribution in [2.75, 3.05) is 6.61 Å². The van der Waals surface area contributed by atoms with E-state index < -0.39 is 11.9 Å². The van der Waals surface area contributed by atoms with Gasteiger partial charge in [-0.15, -0.1) is 0 Å². The number of carbonyl (C=O) groups is 2. The monoisotopic (exact) mass is 280 g/mol. The average molecular weight is 280 g/mol. The molecule has 0 saturated heterocycles. The highest BCUT2D eigenvalue weighted by molar-refractivity contribution is 5.75. The van der Waals surface area contributed by atoms with Gasteiger partial charge in [-0.25, -0.2) is 0 Å². The molecule has 1 aromatic rings. The average Bonchev–Trinajstić information content (AvgIpc) is 2.37. The van der Waals surface area contributed by atoms with E-state index in [9.17, 15) is 9.59 Å². The van der Waals surface area contributed by atoms with Crippen molar-refractivity contribution in [3.63, 3.8) is 0 Å². The molecular weight excluding hydrogens is 260 g/mol. The zero-order valence-corrected chi connectivity index (χ0v) is 11.6. The third-order valence-electron chi connectivity index (χ3n) is 2.91. The fraction of sp³-hybridized carbons (Fsp3) is 0.467. The van der Waals surface area contributed by atoms with Crippen LogP contribution >= 0.6 is 0 Å². The lowest BCUT2D eigenvalue weighted by Crippen LogP contribution is -2.10. The zero-order chi connectivity index (χ0) is 15.0. The van der Waals surface area contributed by atoms with E-state index >= 15 is 0 Å². The number of unbranched alkanes of at least 4 members (excludes halogenated alkanes) is 2. The van der Waals surface area contributed by atoms with E-state index in [0.717, 1.165) is 19.3 Å². The van der Waals surface area contributed by atoms with Gasteiger partial charge in [-0.3, -0.25) is 9.59 Å². The molecule has 5 nitrogen and oxygen atoms in total. The van der Waals surface area contributed by atoms with Gasteiger partial charge in [-0.05, 0) is 18.1 Å². The normalized spacial score (nSPS) is 10.2. The maximum atomic E-state index is 10.9. The summed E-state index contributed by atoms with van der Waals surface area (Å²) in [5, 5.41) is 17.8. The van der Waals surface area contributed by atoms with Gasteiger partial charge in [0.25, 0.3) is 0 Å². The first-order valence-corrected chi connectivity index (χ1v) is 6.71. The summed E-state index contributed by atoms with van der Waals surface area (Å²) in [5.74, 6) is -1.51. The summed E-state index contributed by atoms with van der Waals surface area (Å²) < 4.78 is 5.61. The van der Waals surface area contributed by atoms with Crippen LogP contribution in [-0.4, -0.2) is 28.8 Å². The smallest absolute Gasteiger partial charge is 0.307 e. The molecule has 0 bridgehead atoms. The summed E-state index contributed by atoms with van der Waals surface area (Å²) in [5.41, 5.74) is 0.951. The minimum absolute atomic E-state index is 0.200. The lowest BCUT2D eigenvalue weighted by atomic mass is 10.0. The SMILES string of the molecule is CCCCCOc1cccc(CC(=O)O)c1CC(=O)O. The van der Waals surface area contributed by atoms with Gasteiger partial charge in [0.05, 0.1) is 19.4 Å². The summed E-state index contributed by atoms with van der Waals surface area (Å²) >= 11 is 0. The van der Waals surface area contributed by atoms with Crippen molar-refractivity contribution in [2.24, 2.45) is 0 Å². The van der Waals surface area contributed by atoms with Crippen molar-refractivity contribution in [3.05, 3.63) is 29.3 Å². The van der Waals surface area contributed by atoms with Gasteiger partial charge >= 0.3 is 11.9 Å². The van der Waals surface area contributed by atoms with Crippen LogP contribution in [0.2, 0.25) is 0 Å². The number of benzene rings is 1. The summed E-state index contributed by atoms with van der Waals surface area (Å²) in [7, 11) is 0. The van der Waals surface area contributed by atoms with E-state index in [1.807, 2.05) is 0 Å². The van der Waals surface area contributed by atoms with Crippen molar-refractivity contribution < 1.29 is 24.5 Å². The van der Waals surface area contributed by atoms with Crippen LogP contribution in [0.3, 0.4) is 0 Å². The standard InChI is InChI=1S/C15H20O5/c1-2-3-4-8-20-13-7-5-6-11(9-14(16)17)12(13)10-15(18)19/h5-7H,2-4,8-10H2,1H3,(H,16,17)(H,18,19). The number of rotatable bonds is 9. The Morgan fingerprint density at radius 3 is 2.40 bits per heavy atom. The second kappa shape index (κ2) is 8.19. The third-order valence-corrected chi connectivity index (χ3v) is 2.91. The highest BCUT2D eigenvalue weighted by Gasteiger charge is 2.15. The van der Waals surface area contributed by atoms with E-state index in [-0.39, 0.29) is 12.8 Å². The van der Waals surface area contributed by atoms with Crippen LogP contribution in [0.25, 0.3) is 0 Å². The van der Waals surface area contributed by atoms with Gasteiger partial charge in [0, 0.05) is 5.56 Å². The molecule has 0 amide bonds. The number of aliphatic carboxylic acids is 2. The molecule has 0 aliphatic carbocycles. The molecule has 1 rings (SSSR count). The Kier molecular flexibility index (Phi) is 6.56. The second-order valence-electron chi connectivity index (χ2n) is 4.59. The highest BCUT2D eigenvalue weighted by Crippen LogP contribution is 2.24. The molecule has 0 spiro atoms. The molecule has 0 unspecified atom stereocenters. The first-order chi connectivity index (χ1) is 9.54. The van der Waals surface area contributed by atoms with Gasteiger partial charge in [-0.1, -0.05) is 31.9 Å². The van der Waals surface area contributed by atoms with Gasteiger partial charge in [0.1, 0.15) is 5.75 Å². The van der Waals surface area contributed by atoms with Crippen LogP contribution < -0.4 is 4.74 Å². The zero-order valence-electron chi connectivity index (χ0n) is 11.6. The number of hydrogen-bond acceptors (Lipinski definition) is 3. The van der Waals surface area contributed by atoms with Crippen LogP contribution in [0.4, 0.5) is 0 Å². The topological polar surface area (TPSA) is 83.8 Å². The van der Waals surface area contributed by atoms with E-state index in [1.54, 1.807) is 18.2 Å². The molecule has 0 aliphatic rings. The van der Waals surface area contributed by atoms with Crippen molar-refractivity contribution >= 4 is 11.9 Å². The molecule has 0 fully saturated rings. The van der Waals surface area contributed by atoms with Crippen molar-refractivity contribution in [1.82, 2.24) is 0 Å². The van der Waals surface area contributed by atoms with Gasteiger partial charge < -0.3 is 14.9 Å². The molecular formula is C15H20O5. The first kappa shape index (κ1) is 16.0. The molecule has 1 aromatic carbocycles. The fourth-order valence-electron chi connectivity index (χ4n) is 1.96. The van der Waals surface area contributed by atoms with Crippen LogP contribution in [0.15, 0.2) is 18.2 Å². The molecule has 0 atom stereocenters. The predicted molar refractivity (Wildman–Crippen MR) is 74.1 cm³/mol. The maximum Gasteiger partial charge on any atom is 0.307 e. The Morgan fingerprint density at radius 1 is 1.10 bits per heavy atom. The van der Waals surface area contributed by atoms with Gasteiger partial charge in [0.15, 0.2) is 0 Å². The van der Waals surface area contributed by atoms with Crippen molar-refractivity contribution in [3.8, 4) is 5.75 Å². The Morgan fingerprint density at radius 2 is 1.80 bits per heavy atom. The molecule has 20 heavy (non-hydrogen) atoms. The summed E-state index contributed by atoms with van der Waals surface area (Å²) in [6.07, 6.45) is 2.58. The molecule has 0 aliphatic heterocycles. The molecule has 0 heterocycles. The van der Waals surface area contributed by atoms with Crippen molar-refractivity contribution in [2.45, 2.75) is 39.0 Å². The third kappa shape index (κ3) is 5.30. The van der Waals surface area contributed by atoms with E-state index in [0.29, 0.717) is 23.5 Å². The van der Waals surface area contributed by atoms with Gasteiger partial charge in [-0.2, -0.15) is 0 Å². The van der Waals surface area contributed by atoms with Crippen LogP contribution in [0.5, 0.6) is 5.75 Å². The molecule has 2 N–H and O–H groups in total. The summed E-state index contributed by atoms with van der Waals surface area (Å²) in [4.78, 5) is 21.8. The largest absolute Gasteiger partial charge is 0.493 e. The summed E-state index contributed by atoms with van der Waals surface area (Å²) in [6.45, 7) is 2.60. The fourth-order valence-corrected chi connectivity index (χ4v) is 1.96. The van der Waals surface area contributed by atoms with Gasteiger partial charge in [0.2, 0.25) is 0 Å². The van der Waals surface area contributed by atoms with E-state index in [4.69, 9.17) is 14.9 Å². The van der Waals surface area contributed by atoms with Crippen LogP contribution in [0.1, 0.15) is 37.3 Å². The first-order valence-electron chi connectivity index (χ1n) is 6.71. The Hall–Kier alpha value is -2.04. The molecule has 5 heteroatoms. The minimum atomic E-state index is -0.999.